The van der Waals surface area contributed by atoms with E-state index in [1.165, 1.54) is 28.9 Å². The van der Waals surface area contributed by atoms with Crippen molar-refractivity contribution in [1.82, 2.24) is 20.0 Å². The van der Waals surface area contributed by atoms with Gasteiger partial charge in [0.2, 0.25) is 10.9 Å². The molecule has 3 aromatic rings. The molecule has 7 nitrogen and oxygen atoms in total. The molecule has 1 amide bonds. The maximum absolute atomic E-state index is 12.2. The molecule has 0 bridgehead atoms. The van der Waals surface area contributed by atoms with E-state index in [0.717, 1.165) is 14.8 Å². The monoisotopic (exact) mass is 408 g/mol. The number of thiophene rings is 1. The second-order valence-electron chi connectivity index (χ2n) is 5.34. The van der Waals surface area contributed by atoms with Gasteiger partial charge in [-0.15, -0.1) is 22.7 Å². The third-order valence-electron chi connectivity index (χ3n) is 3.51. The van der Waals surface area contributed by atoms with Gasteiger partial charge < -0.3 is 5.32 Å². The largest absolute Gasteiger partial charge is 0.346 e. The van der Waals surface area contributed by atoms with E-state index >= 15 is 0 Å². The lowest BCUT2D eigenvalue weighted by molar-refractivity contribution is 0.0946. The lowest BCUT2D eigenvalue weighted by atomic mass is 10.1. The molecule has 0 fully saturated rings. The van der Waals surface area contributed by atoms with E-state index in [1.54, 1.807) is 18.3 Å². The molecule has 3 rings (SSSR count). The molecule has 0 aromatic carbocycles. The Labute approximate surface area is 160 Å². The molecule has 0 saturated heterocycles. The third kappa shape index (κ3) is 4.73. The van der Waals surface area contributed by atoms with Gasteiger partial charge in [0.25, 0.3) is 5.91 Å². The van der Waals surface area contributed by atoms with Crippen LogP contribution in [0.4, 0.5) is 0 Å². The Morgan fingerprint density at radius 1 is 1.23 bits per heavy atom. The number of amides is 1. The summed E-state index contributed by atoms with van der Waals surface area (Å²) in [5, 5.41) is 5.61. The SMILES string of the molecule is Cc1ncc(CNC(=O)c2ccc(C(N[SH](=O)=O)c3cccs3)cn2)s1. The van der Waals surface area contributed by atoms with Gasteiger partial charge in [-0.1, -0.05) is 12.1 Å². The fourth-order valence-electron chi connectivity index (χ4n) is 2.32. The van der Waals surface area contributed by atoms with Crippen molar-refractivity contribution in [3.8, 4) is 0 Å². The van der Waals surface area contributed by atoms with E-state index in [9.17, 15) is 13.2 Å². The van der Waals surface area contributed by atoms with Crippen molar-refractivity contribution >= 4 is 39.5 Å². The average molecular weight is 409 g/mol. The number of thiol groups is 1. The van der Waals surface area contributed by atoms with Crippen molar-refractivity contribution in [3.05, 3.63) is 68.1 Å². The van der Waals surface area contributed by atoms with Crippen molar-refractivity contribution in [3.63, 3.8) is 0 Å². The molecule has 1 unspecified atom stereocenters. The van der Waals surface area contributed by atoms with E-state index < -0.39 is 16.9 Å². The minimum Gasteiger partial charge on any atom is -0.346 e. The standard InChI is InChI=1S/C16H16N4O3S3/c1-10-17-8-12(25-10)9-19-16(21)13-5-4-11(7-18-13)15(20-26(22)23)14-3-2-6-24-14/h2-8,15,26H,9H2,1H3,(H,19,21)(H,20,22,23). The van der Waals surface area contributed by atoms with Crippen LogP contribution < -0.4 is 10.0 Å². The van der Waals surface area contributed by atoms with E-state index in [-0.39, 0.29) is 11.6 Å². The zero-order valence-corrected chi connectivity index (χ0v) is 16.2. The summed E-state index contributed by atoms with van der Waals surface area (Å²) in [5.74, 6) is -0.293. The Kier molecular flexibility index (Phi) is 6.09. The number of carbonyl (C=O) groups excluding carboxylic acids is 1. The summed E-state index contributed by atoms with van der Waals surface area (Å²) in [6.07, 6.45) is 3.25. The highest BCUT2D eigenvalue weighted by Gasteiger charge is 2.17. The number of hydrogen-bond donors (Lipinski definition) is 3. The Morgan fingerprint density at radius 3 is 2.65 bits per heavy atom. The lowest BCUT2D eigenvalue weighted by Crippen LogP contribution is -2.24. The molecule has 0 saturated carbocycles. The topological polar surface area (TPSA) is 101 Å². The van der Waals surface area contributed by atoms with E-state index in [1.807, 2.05) is 24.4 Å². The van der Waals surface area contributed by atoms with Gasteiger partial charge in [-0.3, -0.25) is 9.78 Å². The maximum Gasteiger partial charge on any atom is 0.270 e. The van der Waals surface area contributed by atoms with Crippen molar-refractivity contribution in [2.45, 2.75) is 19.5 Å². The zero-order valence-electron chi connectivity index (χ0n) is 13.7. The molecule has 0 spiro atoms. The maximum atomic E-state index is 12.2. The zero-order chi connectivity index (χ0) is 18.5. The molecule has 26 heavy (non-hydrogen) atoms. The first-order valence-electron chi connectivity index (χ1n) is 7.62. The molecule has 0 aliphatic rings. The normalized spacial score (nSPS) is 12.2. The first-order chi connectivity index (χ1) is 12.5. The Morgan fingerprint density at radius 2 is 2.08 bits per heavy atom. The fraction of sp³-hybridized carbons (Fsp3) is 0.188. The number of rotatable bonds is 7. The number of carbonyl (C=O) groups is 1. The predicted molar refractivity (Wildman–Crippen MR) is 102 cm³/mol. The lowest BCUT2D eigenvalue weighted by Gasteiger charge is -2.14. The van der Waals surface area contributed by atoms with Gasteiger partial charge in [-0.25, -0.2) is 18.1 Å². The quantitative estimate of drug-likeness (QED) is 0.520. The van der Waals surface area contributed by atoms with Gasteiger partial charge in [0.1, 0.15) is 5.69 Å². The van der Waals surface area contributed by atoms with Crippen LogP contribution in [0, 0.1) is 6.92 Å². The first-order valence-corrected chi connectivity index (χ1v) is 10.5. The van der Waals surface area contributed by atoms with Crippen molar-refractivity contribution in [2.24, 2.45) is 0 Å². The summed E-state index contributed by atoms with van der Waals surface area (Å²) in [4.78, 5) is 22.3. The molecular formula is C16H16N4O3S3. The number of pyridine rings is 1. The van der Waals surface area contributed by atoms with Crippen LogP contribution in [0.25, 0.3) is 0 Å². The summed E-state index contributed by atoms with van der Waals surface area (Å²) in [7, 11) is -2.77. The van der Waals surface area contributed by atoms with Gasteiger partial charge >= 0.3 is 0 Å². The number of aromatic nitrogens is 2. The van der Waals surface area contributed by atoms with Crippen LogP contribution in [-0.4, -0.2) is 24.3 Å². The average Bonchev–Trinajstić information content (AvgIpc) is 3.29. The van der Waals surface area contributed by atoms with Crippen LogP contribution in [0.1, 0.15) is 36.9 Å². The van der Waals surface area contributed by atoms with Crippen LogP contribution in [0.3, 0.4) is 0 Å². The van der Waals surface area contributed by atoms with Crippen molar-refractivity contribution in [1.29, 1.82) is 0 Å². The van der Waals surface area contributed by atoms with Crippen LogP contribution in [0.2, 0.25) is 0 Å². The smallest absolute Gasteiger partial charge is 0.270 e. The molecule has 3 heterocycles. The number of nitrogens with one attached hydrogen (secondary N) is 2. The van der Waals surface area contributed by atoms with Gasteiger partial charge in [0, 0.05) is 22.1 Å². The third-order valence-corrected chi connectivity index (χ3v) is 5.83. The van der Waals surface area contributed by atoms with Crippen molar-refractivity contribution < 1.29 is 13.2 Å². The van der Waals surface area contributed by atoms with Crippen molar-refractivity contribution in [2.75, 3.05) is 0 Å². The minimum absolute atomic E-state index is 0.270. The number of hydrogen-bond acceptors (Lipinski definition) is 7. The molecule has 1 atom stereocenters. The predicted octanol–water partition coefficient (Wildman–Crippen LogP) is 2.04. The Bertz CT molecular complexity index is 942. The van der Waals surface area contributed by atoms with Gasteiger partial charge in [-0.05, 0) is 30.0 Å². The Hall–Kier alpha value is -2.14. The van der Waals surface area contributed by atoms with Gasteiger partial charge in [-0.2, -0.15) is 0 Å². The van der Waals surface area contributed by atoms with E-state index in [4.69, 9.17) is 0 Å². The van der Waals surface area contributed by atoms with E-state index in [2.05, 4.69) is 20.0 Å². The first kappa shape index (κ1) is 18.6. The molecule has 0 aliphatic carbocycles. The molecule has 2 N–H and O–H groups in total. The van der Waals surface area contributed by atoms with Crippen LogP contribution >= 0.6 is 22.7 Å². The second-order valence-corrected chi connectivity index (χ2v) is 8.41. The molecule has 0 radical (unpaired) electrons. The minimum atomic E-state index is -2.77. The Balaban J connectivity index is 1.71. The number of nitrogens with zero attached hydrogens (tertiary/aromatic N) is 2. The summed E-state index contributed by atoms with van der Waals surface area (Å²) in [6, 6.07) is 6.47. The fourth-order valence-corrected chi connectivity index (χ4v) is 4.44. The van der Waals surface area contributed by atoms with Gasteiger partial charge in [0.15, 0.2) is 0 Å². The van der Waals surface area contributed by atoms with E-state index in [0.29, 0.717) is 12.1 Å². The highest BCUT2D eigenvalue weighted by atomic mass is 32.2. The van der Waals surface area contributed by atoms with Crippen LogP contribution in [-0.2, 0) is 17.4 Å². The summed E-state index contributed by atoms with van der Waals surface area (Å²) in [5.41, 5.74) is 0.938. The molecule has 3 aromatic heterocycles. The number of aryl methyl sites for hydroxylation is 1. The van der Waals surface area contributed by atoms with Gasteiger partial charge in [0.05, 0.1) is 17.6 Å². The summed E-state index contributed by atoms with van der Waals surface area (Å²) < 4.78 is 24.7. The van der Waals surface area contributed by atoms with Crippen LogP contribution in [0.15, 0.2) is 42.0 Å². The summed E-state index contributed by atoms with van der Waals surface area (Å²) >= 11 is 2.97. The molecule has 0 aliphatic heterocycles. The van der Waals surface area contributed by atoms with Crippen LogP contribution in [0.5, 0.6) is 0 Å². The molecule has 10 heteroatoms. The highest BCUT2D eigenvalue weighted by Crippen LogP contribution is 2.25. The molecular weight excluding hydrogens is 392 g/mol. The highest BCUT2D eigenvalue weighted by molar-refractivity contribution is 7.70. The second kappa shape index (κ2) is 8.49. The molecule has 136 valence electrons. The number of thiazole rings is 1. The summed E-state index contributed by atoms with van der Waals surface area (Å²) in [6.45, 7) is 2.30.